The Balaban J connectivity index is 1.88. The van der Waals surface area contributed by atoms with Gasteiger partial charge < -0.3 is 10.1 Å². The monoisotopic (exact) mass is 297 g/mol. The Morgan fingerprint density at radius 2 is 1.91 bits per heavy atom. The minimum atomic E-state index is -0.0643. The summed E-state index contributed by atoms with van der Waals surface area (Å²) in [5.74, 6) is 0.676. The summed E-state index contributed by atoms with van der Waals surface area (Å²) in [7, 11) is 0. The van der Waals surface area contributed by atoms with Gasteiger partial charge in [0, 0.05) is 12.1 Å². The molecule has 0 saturated heterocycles. The summed E-state index contributed by atoms with van der Waals surface area (Å²) in [6.07, 6.45) is 1.92. The molecular weight excluding hydrogens is 274 g/mol. The minimum Gasteiger partial charge on any atom is -0.491 e. The van der Waals surface area contributed by atoms with E-state index in [0.29, 0.717) is 12.1 Å². The second-order valence-electron chi connectivity index (χ2n) is 5.36. The number of nitrogens with one attached hydrogen (secondary N) is 1. The number of carbonyl (C=O) groups excluding carboxylic acids is 1. The van der Waals surface area contributed by atoms with Crippen LogP contribution in [0.4, 0.5) is 0 Å². The third-order valence-corrected chi connectivity index (χ3v) is 3.55. The highest BCUT2D eigenvalue weighted by Crippen LogP contribution is 2.15. The van der Waals surface area contributed by atoms with Gasteiger partial charge in [-0.2, -0.15) is 0 Å². The van der Waals surface area contributed by atoms with Crippen molar-refractivity contribution in [3.8, 4) is 5.75 Å². The molecule has 1 atom stereocenters. The molecule has 0 aromatic heterocycles. The quantitative estimate of drug-likeness (QED) is 0.843. The van der Waals surface area contributed by atoms with Crippen LogP contribution < -0.4 is 10.1 Å². The van der Waals surface area contributed by atoms with Crippen molar-refractivity contribution in [3.05, 3.63) is 65.7 Å². The molecule has 0 aliphatic carbocycles. The van der Waals surface area contributed by atoms with Gasteiger partial charge in [0.05, 0.1) is 6.10 Å². The minimum absolute atomic E-state index is 0.0643. The van der Waals surface area contributed by atoms with Crippen molar-refractivity contribution in [1.29, 1.82) is 0 Å². The molecule has 0 bridgehead atoms. The van der Waals surface area contributed by atoms with Crippen molar-refractivity contribution in [2.45, 2.75) is 32.8 Å². The van der Waals surface area contributed by atoms with E-state index in [9.17, 15) is 4.79 Å². The van der Waals surface area contributed by atoms with Crippen molar-refractivity contribution < 1.29 is 9.53 Å². The van der Waals surface area contributed by atoms with Crippen LogP contribution in [0.2, 0.25) is 0 Å². The van der Waals surface area contributed by atoms with E-state index in [2.05, 4.69) is 24.4 Å². The standard InChI is InChI=1S/C19H23NO2/c1-3-15(2)22-18-11-7-10-17(14-18)19(21)20-13-12-16-8-5-4-6-9-16/h4-11,14-15H,3,12-13H2,1-2H3,(H,20,21). The summed E-state index contributed by atoms with van der Waals surface area (Å²) in [4.78, 5) is 12.2. The molecule has 3 nitrogen and oxygen atoms in total. The fourth-order valence-corrected chi connectivity index (χ4v) is 2.09. The zero-order valence-electron chi connectivity index (χ0n) is 13.2. The lowest BCUT2D eigenvalue weighted by Gasteiger charge is -2.13. The molecule has 0 radical (unpaired) electrons. The van der Waals surface area contributed by atoms with E-state index >= 15 is 0 Å². The Bertz CT molecular complexity index is 595. The van der Waals surface area contributed by atoms with Gasteiger partial charge in [0.1, 0.15) is 5.75 Å². The molecule has 1 amide bonds. The van der Waals surface area contributed by atoms with Gasteiger partial charge in [-0.05, 0) is 43.5 Å². The third-order valence-electron chi connectivity index (χ3n) is 3.55. The Labute approximate surface area is 132 Å². The van der Waals surface area contributed by atoms with E-state index in [4.69, 9.17) is 4.74 Å². The van der Waals surface area contributed by atoms with Crippen LogP contribution in [0, 0.1) is 0 Å². The van der Waals surface area contributed by atoms with E-state index < -0.39 is 0 Å². The number of rotatable bonds is 7. The Morgan fingerprint density at radius 3 is 2.64 bits per heavy atom. The number of ether oxygens (including phenoxy) is 1. The number of carbonyl (C=O) groups is 1. The first-order valence-electron chi connectivity index (χ1n) is 7.78. The summed E-state index contributed by atoms with van der Waals surface area (Å²) in [5.41, 5.74) is 1.85. The van der Waals surface area contributed by atoms with Crippen molar-refractivity contribution in [2.24, 2.45) is 0 Å². The van der Waals surface area contributed by atoms with Crippen LogP contribution in [-0.4, -0.2) is 18.6 Å². The molecule has 2 aromatic rings. The first-order chi connectivity index (χ1) is 10.7. The molecule has 0 fully saturated rings. The molecule has 2 rings (SSSR count). The smallest absolute Gasteiger partial charge is 0.251 e. The second-order valence-corrected chi connectivity index (χ2v) is 5.36. The molecule has 0 spiro atoms. The second kappa shape index (κ2) is 8.23. The largest absolute Gasteiger partial charge is 0.491 e. The zero-order chi connectivity index (χ0) is 15.8. The summed E-state index contributed by atoms with van der Waals surface area (Å²) in [6, 6.07) is 17.5. The topological polar surface area (TPSA) is 38.3 Å². The van der Waals surface area contributed by atoms with Crippen LogP contribution in [0.25, 0.3) is 0 Å². The summed E-state index contributed by atoms with van der Waals surface area (Å²) >= 11 is 0. The first kappa shape index (κ1) is 16.1. The van der Waals surface area contributed by atoms with Crippen LogP contribution >= 0.6 is 0 Å². The normalized spacial score (nSPS) is 11.7. The number of amides is 1. The van der Waals surface area contributed by atoms with Crippen molar-refractivity contribution in [2.75, 3.05) is 6.54 Å². The van der Waals surface area contributed by atoms with E-state index in [-0.39, 0.29) is 12.0 Å². The predicted molar refractivity (Wildman–Crippen MR) is 89.3 cm³/mol. The van der Waals surface area contributed by atoms with Crippen molar-refractivity contribution in [1.82, 2.24) is 5.32 Å². The Kier molecular flexibility index (Phi) is 6.01. The molecule has 1 unspecified atom stereocenters. The highest BCUT2D eigenvalue weighted by atomic mass is 16.5. The molecular formula is C19H23NO2. The third kappa shape index (κ3) is 4.92. The molecule has 1 N–H and O–H groups in total. The Hall–Kier alpha value is -2.29. The molecule has 0 aliphatic heterocycles. The molecule has 22 heavy (non-hydrogen) atoms. The van der Waals surface area contributed by atoms with Gasteiger partial charge >= 0.3 is 0 Å². The van der Waals surface area contributed by atoms with E-state index in [1.807, 2.05) is 37.3 Å². The highest BCUT2D eigenvalue weighted by Gasteiger charge is 2.07. The maximum Gasteiger partial charge on any atom is 0.251 e. The fourth-order valence-electron chi connectivity index (χ4n) is 2.09. The van der Waals surface area contributed by atoms with E-state index in [1.54, 1.807) is 12.1 Å². The van der Waals surface area contributed by atoms with Gasteiger partial charge in [-0.1, -0.05) is 43.3 Å². The van der Waals surface area contributed by atoms with Crippen LogP contribution in [0.3, 0.4) is 0 Å². The molecule has 116 valence electrons. The zero-order valence-corrected chi connectivity index (χ0v) is 13.2. The summed E-state index contributed by atoms with van der Waals surface area (Å²) in [6.45, 7) is 4.72. The molecule has 0 heterocycles. The van der Waals surface area contributed by atoms with Gasteiger partial charge in [0.25, 0.3) is 5.91 Å². The molecule has 3 heteroatoms. The lowest BCUT2D eigenvalue weighted by molar-refractivity contribution is 0.0953. The predicted octanol–water partition coefficient (Wildman–Crippen LogP) is 3.84. The van der Waals surface area contributed by atoms with E-state index in [1.165, 1.54) is 5.56 Å². The van der Waals surface area contributed by atoms with Crippen molar-refractivity contribution in [3.63, 3.8) is 0 Å². The van der Waals surface area contributed by atoms with Gasteiger partial charge in [0.15, 0.2) is 0 Å². The number of hydrogen-bond donors (Lipinski definition) is 1. The highest BCUT2D eigenvalue weighted by molar-refractivity contribution is 5.94. The average molecular weight is 297 g/mol. The summed E-state index contributed by atoms with van der Waals surface area (Å²) < 4.78 is 5.75. The molecule has 0 saturated carbocycles. The van der Waals surface area contributed by atoms with Crippen LogP contribution in [0.5, 0.6) is 5.75 Å². The maximum atomic E-state index is 12.2. The number of hydrogen-bond acceptors (Lipinski definition) is 2. The summed E-state index contributed by atoms with van der Waals surface area (Å²) in [5, 5.41) is 2.95. The maximum absolute atomic E-state index is 12.2. The van der Waals surface area contributed by atoms with E-state index in [0.717, 1.165) is 18.6 Å². The first-order valence-corrected chi connectivity index (χ1v) is 7.78. The lowest BCUT2D eigenvalue weighted by atomic mass is 10.1. The SMILES string of the molecule is CCC(C)Oc1cccc(C(=O)NCCc2ccccc2)c1. The van der Waals surface area contributed by atoms with Gasteiger partial charge in [-0.25, -0.2) is 0 Å². The van der Waals surface area contributed by atoms with Crippen LogP contribution in [0.15, 0.2) is 54.6 Å². The number of benzene rings is 2. The Morgan fingerprint density at radius 1 is 1.14 bits per heavy atom. The fraction of sp³-hybridized carbons (Fsp3) is 0.316. The van der Waals surface area contributed by atoms with Crippen LogP contribution in [-0.2, 0) is 6.42 Å². The molecule has 2 aromatic carbocycles. The van der Waals surface area contributed by atoms with Gasteiger partial charge in [0.2, 0.25) is 0 Å². The van der Waals surface area contributed by atoms with Gasteiger partial charge in [-0.3, -0.25) is 4.79 Å². The van der Waals surface area contributed by atoms with Gasteiger partial charge in [-0.15, -0.1) is 0 Å². The average Bonchev–Trinajstić information content (AvgIpc) is 2.56. The molecule has 0 aliphatic rings. The van der Waals surface area contributed by atoms with Crippen LogP contribution in [0.1, 0.15) is 36.2 Å². The lowest BCUT2D eigenvalue weighted by Crippen LogP contribution is -2.25. The van der Waals surface area contributed by atoms with Crippen molar-refractivity contribution >= 4 is 5.91 Å².